The van der Waals surface area contributed by atoms with E-state index >= 15 is 0 Å². The summed E-state index contributed by atoms with van der Waals surface area (Å²) in [6, 6.07) is 0. The molecule has 7 heteroatoms. The van der Waals surface area contributed by atoms with E-state index in [0.29, 0.717) is 0 Å². The number of rotatable bonds is 3. The van der Waals surface area contributed by atoms with Gasteiger partial charge in [0.05, 0.1) is 12.7 Å². The van der Waals surface area contributed by atoms with Crippen molar-refractivity contribution in [3.05, 3.63) is 17.3 Å². The number of hydrogen-bond acceptors (Lipinski definition) is 4. The number of nitrogens with one attached hydrogen (secondary N) is 1. The summed E-state index contributed by atoms with van der Waals surface area (Å²) in [5, 5.41) is 2.60. The summed E-state index contributed by atoms with van der Waals surface area (Å²) in [6.07, 6.45) is 4.19. The lowest BCUT2D eigenvalue weighted by Crippen LogP contribution is -2.39. The molecule has 1 N–H and O–H groups in total. The molecule has 1 aromatic heterocycles. The second-order valence-electron chi connectivity index (χ2n) is 4.13. The molecule has 1 saturated heterocycles. The van der Waals surface area contributed by atoms with Crippen LogP contribution >= 0.6 is 11.6 Å². The molecule has 0 aromatic carbocycles. The molecule has 1 amide bonds. The number of amides is 1. The van der Waals surface area contributed by atoms with E-state index in [4.69, 9.17) is 11.6 Å². The molecule has 0 atom stereocenters. The molecule has 5 nitrogen and oxygen atoms in total. The maximum atomic E-state index is 13.3. The zero-order valence-electron chi connectivity index (χ0n) is 9.83. The predicted octanol–water partition coefficient (Wildman–Crippen LogP) is 1.69. The van der Waals surface area contributed by atoms with Gasteiger partial charge >= 0.3 is 0 Å². The van der Waals surface area contributed by atoms with E-state index in [1.807, 2.05) is 0 Å². The number of halogens is 2. The van der Waals surface area contributed by atoms with Gasteiger partial charge in [-0.2, -0.15) is 4.98 Å². The Bertz CT molecular complexity index is 437. The number of aromatic nitrogens is 2. The fourth-order valence-corrected chi connectivity index (χ4v) is 2.02. The fourth-order valence-electron chi connectivity index (χ4n) is 1.88. The Hall–Kier alpha value is -1.43. The lowest BCUT2D eigenvalue weighted by atomic mass is 10.1. The number of likely N-dealkylation sites (tertiary alicyclic amines) is 1. The molecular weight excluding hydrogens is 259 g/mol. The van der Waals surface area contributed by atoms with Crippen LogP contribution in [0.15, 0.2) is 6.20 Å². The average Bonchev–Trinajstić information content (AvgIpc) is 2.40. The second kappa shape index (κ2) is 5.95. The first-order valence-corrected chi connectivity index (χ1v) is 6.24. The maximum Gasteiger partial charge on any atom is 0.241 e. The summed E-state index contributed by atoms with van der Waals surface area (Å²) >= 11 is 5.56. The van der Waals surface area contributed by atoms with Gasteiger partial charge in [0.2, 0.25) is 11.2 Å². The van der Waals surface area contributed by atoms with Crippen LogP contribution in [0.3, 0.4) is 0 Å². The van der Waals surface area contributed by atoms with Crippen LogP contribution in [0.4, 0.5) is 10.2 Å². The van der Waals surface area contributed by atoms with Gasteiger partial charge in [-0.1, -0.05) is 0 Å². The smallest absolute Gasteiger partial charge is 0.241 e. The Morgan fingerprint density at radius 2 is 2.17 bits per heavy atom. The van der Waals surface area contributed by atoms with E-state index in [1.54, 1.807) is 4.90 Å². The Morgan fingerprint density at radius 1 is 1.44 bits per heavy atom. The van der Waals surface area contributed by atoms with E-state index in [0.717, 1.165) is 38.5 Å². The first-order valence-electron chi connectivity index (χ1n) is 5.86. The van der Waals surface area contributed by atoms with Crippen LogP contribution in [0.5, 0.6) is 0 Å². The summed E-state index contributed by atoms with van der Waals surface area (Å²) in [5.74, 6) is -0.713. The molecule has 0 unspecified atom stereocenters. The molecule has 1 aliphatic rings. The molecule has 18 heavy (non-hydrogen) atoms. The van der Waals surface area contributed by atoms with Crippen molar-refractivity contribution < 1.29 is 9.18 Å². The largest absolute Gasteiger partial charge is 0.358 e. The minimum absolute atomic E-state index is 0.0181. The molecular formula is C11H14ClFN4O. The molecule has 1 aromatic rings. The topological polar surface area (TPSA) is 58.1 Å². The normalized spacial score (nSPS) is 15.6. The van der Waals surface area contributed by atoms with Crippen LogP contribution in [0.1, 0.15) is 19.3 Å². The fraction of sp³-hybridized carbons (Fsp3) is 0.545. The van der Waals surface area contributed by atoms with Crippen LogP contribution in [0.25, 0.3) is 0 Å². The van der Waals surface area contributed by atoms with Crippen molar-refractivity contribution in [2.24, 2.45) is 0 Å². The van der Waals surface area contributed by atoms with Crippen LogP contribution < -0.4 is 5.32 Å². The van der Waals surface area contributed by atoms with Gasteiger partial charge in [0.25, 0.3) is 0 Å². The number of hydrogen-bond donors (Lipinski definition) is 1. The first kappa shape index (κ1) is 13.0. The van der Waals surface area contributed by atoms with Crippen LogP contribution in [-0.4, -0.2) is 40.4 Å². The van der Waals surface area contributed by atoms with Crippen molar-refractivity contribution in [2.75, 3.05) is 25.0 Å². The zero-order valence-corrected chi connectivity index (χ0v) is 10.6. The summed E-state index contributed by atoms with van der Waals surface area (Å²) in [7, 11) is 0. The van der Waals surface area contributed by atoms with E-state index in [9.17, 15) is 9.18 Å². The van der Waals surface area contributed by atoms with Gasteiger partial charge in [-0.3, -0.25) is 4.79 Å². The number of anilines is 1. The monoisotopic (exact) mass is 272 g/mol. The summed E-state index contributed by atoms with van der Waals surface area (Å²) < 4.78 is 13.3. The highest BCUT2D eigenvalue weighted by atomic mass is 35.5. The lowest BCUT2D eigenvalue weighted by molar-refractivity contribution is -0.130. The number of carbonyl (C=O) groups is 1. The molecule has 1 aliphatic heterocycles. The number of carbonyl (C=O) groups excluding carboxylic acids is 1. The van der Waals surface area contributed by atoms with Gasteiger partial charge in [0, 0.05) is 13.1 Å². The predicted molar refractivity (Wildman–Crippen MR) is 65.9 cm³/mol. The van der Waals surface area contributed by atoms with E-state index in [2.05, 4.69) is 15.3 Å². The van der Waals surface area contributed by atoms with Crippen molar-refractivity contribution in [1.29, 1.82) is 0 Å². The number of nitrogens with zero attached hydrogens (tertiary/aromatic N) is 3. The molecule has 0 aliphatic carbocycles. The summed E-state index contributed by atoms with van der Waals surface area (Å²) in [5.41, 5.74) is 0. The standard InChI is InChI=1S/C11H14ClFN4O/c12-11-15-6-8(13)10(16-11)14-7-9(18)17-4-2-1-3-5-17/h6H,1-5,7H2,(H,14,15,16). The van der Waals surface area contributed by atoms with Gasteiger partial charge in [-0.05, 0) is 30.9 Å². The minimum Gasteiger partial charge on any atom is -0.358 e. The Balaban J connectivity index is 1.90. The van der Waals surface area contributed by atoms with Crippen LogP contribution in [0, 0.1) is 5.82 Å². The van der Waals surface area contributed by atoms with Crippen LogP contribution in [0.2, 0.25) is 5.28 Å². The zero-order chi connectivity index (χ0) is 13.0. The Labute approximate surface area is 109 Å². The first-order chi connectivity index (χ1) is 8.66. The molecule has 2 heterocycles. The molecule has 0 bridgehead atoms. The van der Waals surface area contributed by atoms with Gasteiger partial charge in [0.1, 0.15) is 0 Å². The van der Waals surface area contributed by atoms with Crippen molar-refractivity contribution >= 4 is 23.3 Å². The quantitative estimate of drug-likeness (QED) is 0.851. The van der Waals surface area contributed by atoms with E-state index in [-0.39, 0.29) is 23.6 Å². The van der Waals surface area contributed by atoms with Crippen LogP contribution in [-0.2, 0) is 4.79 Å². The molecule has 0 saturated carbocycles. The lowest BCUT2D eigenvalue weighted by Gasteiger charge is -2.26. The van der Waals surface area contributed by atoms with Crippen molar-refractivity contribution in [1.82, 2.24) is 14.9 Å². The highest BCUT2D eigenvalue weighted by Gasteiger charge is 2.16. The highest BCUT2D eigenvalue weighted by molar-refractivity contribution is 6.28. The van der Waals surface area contributed by atoms with E-state index < -0.39 is 5.82 Å². The molecule has 0 spiro atoms. The molecule has 98 valence electrons. The van der Waals surface area contributed by atoms with Gasteiger partial charge in [-0.25, -0.2) is 9.37 Å². The maximum absolute atomic E-state index is 13.3. The molecule has 2 rings (SSSR count). The second-order valence-corrected chi connectivity index (χ2v) is 4.47. The summed E-state index contributed by atoms with van der Waals surface area (Å²) in [6.45, 7) is 1.56. The van der Waals surface area contributed by atoms with Crippen molar-refractivity contribution in [3.8, 4) is 0 Å². The number of piperidine rings is 1. The highest BCUT2D eigenvalue weighted by Crippen LogP contribution is 2.12. The van der Waals surface area contributed by atoms with Gasteiger partial charge in [0.15, 0.2) is 11.6 Å². The van der Waals surface area contributed by atoms with Crippen molar-refractivity contribution in [2.45, 2.75) is 19.3 Å². The van der Waals surface area contributed by atoms with Gasteiger partial charge in [-0.15, -0.1) is 0 Å². The Kier molecular flexibility index (Phi) is 4.30. The summed E-state index contributed by atoms with van der Waals surface area (Å²) in [4.78, 5) is 20.8. The average molecular weight is 273 g/mol. The third-order valence-corrected chi connectivity index (χ3v) is 3.01. The van der Waals surface area contributed by atoms with Crippen molar-refractivity contribution in [3.63, 3.8) is 0 Å². The molecule has 1 fully saturated rings. The molecule has 0 radical (unpaired) electrons. The third-order valence-electron chi connectivity index (χ3n) is 2.83. The Morgan fingerprint density at radius 3 is 2.89 bits per heavy atom. The minimum atomic E-state index is -0.620. The van der Waals surface area contributed by atoms with Gasteiger partial charge < -0.3 is 10.2 Å². The third kappa shape index (κ3) is 3.29. The van der Waals surface area contributed by atoms with E-state index in [1.165, 1.54) is 0 Å². The SMILES string of the molecule is O=C(CNc1nc(Cl)ncc1F)N1CCCCC1.